The van der Waals surface area contributed by atoms with Gasteiger partial charge in [-0.05, 0) is 51.5 Å². The molecule has 1 heterocycles. The normalized spacial score (nSPS) is 23.0. The van der Waals surface area contributed by atoms with Gasteiger partial charge in [-0.1, -0.05) is 48.7 Å². The van der Waals surface area contributed by atoms with E-state index in [1.165, 1.54) is 19.1 Å². The number of hydrogen-bond donors (Lipinski definition) is 2. The van der Waals surface area contributed by atoms with Crippen LogP contribution >= 0.6 is 0 Å². The molecule has 1 amide bonds. The number of amides is 1. The molecule has 5 atom stereocenters. The van der Waals surface area contributed by atoms with E-state index in [0.29, 0.717) is 11.5 Å². The second-order valence-electron chi connectivity index (χ2n) is 9.51. The Hall–Kier alpha value is -3.80. The van der Waals surface area contributed by atoms with Crippen molar-refractivity contribution in [2.45, 2.75) is 70.7 Å². The van der Waals surface area contributed by atoms with Crippen LogP contribution in [0.2, 0.25) is 0 Å². The number of rotatable bonds is 11. The number of aryl methyl sites for hydroxylation is 2. The third-order valence-electron chi connectivity index (χ3n) is 6.39. The second kappa shape index (κ2) is 12.8. The maximum Gasteiger partial charge on any atom is 0.365 e. The van der Waals surface area contributed by atoms with Gasteiger partial charge >= 0.3 is 17.9 Å². The molecule has 1 fully saturated rings. The van der Waals surface area contributed by atoms with E-state index in [9.17, 15) is 29.4 Å². The first-order chi connectivity index (χ1) is 18.5. The molecule has 0 aliphatic carbocycles. The molecule has 1 saturated heterocycles. The van der Waals surface area contributed by atoms with Crippen LogP contribution in [0.3, 0.4) is 0 Å². The maximum absolute atomic E-state index is 13.2. The van der Waals surface area contributed by atoms with Crippen molar-refractivity contribution in [3.8, 4) is 0 Å². The van der Waals surface area contributed by atoms with Crippen molar-refractivity contribution in [2.24, 2.45) is 0 Å². The van der Waals surface area contributed by atoms with E-state index < -0.39 is 54.7 Å². The van der Waals surface area contributed by atoms with Crippen LogP contribution in [0.25, 0.3) is 0 Å². The summed E-state index contributed by atoms with van der Waals surface area (Å²) in [5.41, 5.74) is 0.141. The van der Waals surface area contributed by atoms with Crippen molar-refractivity contribution in [1.29, 1.82) is 0 Å². The number of carbonyl (C=O) groups excluding carboxylic acids is 4. The van der Waals surface area contributed by atoms with Gasteiger partial charge in [0, 0.05) is 0 Å². The Bertz CT molecular complexity index is 1170. The molecule has 0 saturated carbocycles. The first-order valence-corrected chi connectivity index (χ1v) is 12.5. The van der Waals surface area contributed by atoms with Gasteiger partial charge in [-0.2, -0.15) is 0 Å². The van der Waals surface area contributed by atoms with Crippen molar-refractivity contribution in [2.75, 3.05) is 6.61 Å². The van der Waals surface area contributed by atoms with Crippen molar-refractivity contribution >= 4 is 24.3 Å². The number of hydrogen-bond acceptors (Lipinski definition) is 10. The lowest BCUT2D eigenvalue weighted by Crippen LogP contribution is -2.55. The Morgan fingerprint density at radius 3 is 2.05 bits per heavy atom. The molecule has 0 radical (unpaired) electrons. The summed E-state index contributed by atoms with van der Waals surface area (Å²) in [7, 11) is 0. The number of carbonyl (C=O) groups is 4. The third kappa shape index (κ3) is 6.80. The number of nitrogens with zero attached hydrogens (tertiary/aromatic N) is 1. The molecule has 0 spiro atoms. The minimum Gasteiger partial charge on any atom is -0.451 e. The quantitative estimate of drug-likeness (QED) is 0.187. The highest BCUT2D eigenvalue weighted by molar-refractivity contribution is 5.91. The molecule has 11 heteroatoms. The number of ether oxygens (including phenoxy) is 3. The monoisotopic (exact) mass is 543 g/mol. The predicted octanol–water partition coefficient (Wildman–Crippen LogP) is 2.24. The SMILES string of the molecule is CCCC(O)N(C=O)OC(=O)[C@@H]1O[C@H](CO)[C@@H](OC(=O)c2ccc(C)cc2)[C@@]1(C)OC(=O)c1ccc(C)cc1. The van der Waals surface area contributed by atoms with Gasteiger partial charge in [0.05, 0.1) is 17.7 Å². The zero-order chi connectivity index (χ0) is 28.7. The molecule has 1 unspecified atom stereocenters. The summed E-state index contributed by atoms with van der Waals surface area (Å²) in [6, 6.07) is 12.9. The zero-order valence-corrected chi connectivity index (χ0v) is 22.2. The molecule has 39 heavy (non-hydrogen) atoms. The predicted molar refractivity (Wildman–Crippen MR) is 136 cm³/mol. The summed E-state index contributed by atoms with van der Waals surface area (Å²) in [5, 5.41) is 20.6. The van der Waals surface area contributed by atoms with E-state index in [1.54, 1.807) is 43.3 Å². The van der Waals surface area contributed by atoms with Gasteiger partial charge < -0.3 is 29.3 Å². The molecular formula is C28H33NO10. The third-order valence-corrected chi connectivity index (χ3v) is 6.39. The van der Waals surface area contributed by atoms with Gasteiger partial charge in [0.15, 0.2) is 17.9 Å². The highest BCUT2D eigenvalue weighted by Crippen LogP contribution is 2.38. The fraction of sp³-hybridized carbons (Fsp3) is 0.429. The first-order valence-electron chi connectivity index (χ1n) is 12.5. The lowest BCUT2D eigenvalue weighted by atomic mass is 9.91. The number of esters is 2. The molecule has 3 rings (SSSR count). The molecular weight excluding hydrogens is 510 g/mol. The average Bonchev–Trinajstić information content (AvgIpc) is 3.18. The van der Waals surface area contributed by atoms with E-state index in [1.807, 2.05) is 13.8 Å². The molecule has 0 bridgehead atoms. The fourth-order valence-electron chi connectivity index (χ4n) is 4.14. The highest BCUT2D eigenvalue weighted by atomic mass is 16.7. The molecule has 210 valence electrons. The summed E-state index contributed by atoms with van der Waals surface area (Å²) >= 11 is 0. The Morgan fingerprint density at radius 1 is 1.03 bits per heavy atom. The standard InChI is InChI=1S/C28H33NO10/c1-5-6-22(32)29(16-31)39-27(35)24-28(4,38-26(34)20-13-9-18(3)10-14-20)23(21(15-30)36-24)37-25(33)19-11-7-17(2)8-12-19/h7-14,16,21-24,30,32H,5-6,15H2,1-4H3/t21-,22?,23-,24+,28-/m1/s1. The van der Waals surface area contributed by atoms with Crippen LogP contribution in [0.5, 0.6) is 0 Å². The lowest BCUT2D eigenvalue weighted by Gasteiger charge is -2.34. The molecule has 2 aromatic rings. The minimum atomic E-state index is -2.00. The van der Waals surface area contributed by atoms with Crippen LogP contribution in [0.1, 0.15) is 58.5 Å². The van der Waals surface area contributed by atoms with Gasteiger partial charge in [0.25, 0.3) is 0 Å². The zero-order valence-electron chi connectivity index (χ0n) is 22.2. The van der Waals surface area contributed by atoms with Crippen LogP contribution in [-0.4, -0.2) is 76.3 Å². The van der Waals surface area contributed by atoms with Crippen molar-refractivity contribution in [3.63, 3.8) is 0 Å². The van der Waals surface area contributed by atoms with Gasteiger partial charge in [-0.3, -0.25) is 4.79 Å². The minimum absolute atomic E-state index is 0.118. The number of aliphatic hydroxyl groups excluding tert-OH is 2. The van der Waals surface area contributed by atoms with Gasteiger partial charge in [-0.15, -0.1) is 5.06 Å². The molecule has 1 aliphatic heterocycles. The van der Waals surface area contributed by atoms with Gasteiger partial charge in [0.2, 0.25) is 12.5 Å². The number of aliphatic hydroxyl groups is 2. The molecule has 2 aromatic carbocycles. The highest BCUT2D eigenvalue weighted by Gasteiger charge is 2.62. The maximum atomic E-state index is 13.2. The van der Waals surface area contributed by atoms with Crippen LogP contribution in [-0.2, 0) is 28.6 Å². The largest absolute Gasteiger partial charge is 0.451 e. The summed E-state index contributed by atoms with van der Waals surface area (Å²) in [5.74, 6) is -2.86. The Labute approximate surface area is 226 Å². The molecule has 11 nitrogen and oxygen atoms in total. The van der Waals surface area contributed by atoms with Crippen LogP contribution in [0.15, 0.2) is 48.5 Å². The Morgan fingerprint density at radius 2 is 1.56 bits per heavy atom. The summed E-state index contributed by atoms with van der Waals surface area (Å²) in [6.45, 7) is 6.05. The molecule has 1 aliphatic rings. The first kappa shape index (κ1) is 29.8. The Balaban J connectivity index is 1.96. The van der Waals surface area contributed by atoms with E-state index in [2.05, 4.69) is 0 Å². The smallest absolute Gasteiger partial charge is 0.365 e. The van der Waals surface area contributed by atoms with Gasteiger partial charge in [-0.25, -0.2) is 14.4 Å². The Kier molecular flexibility index (Phi) is 9.79. The summed E-state index contributed by atoms with van der Waals surface area (Å²) in [4.78, 5) is 56.0. The van der Waals surface area contributed by atoms with Crippen molar-refractivity contribution < 1.29 is 48.4 Å². The number of benzene rings is 2. The van der Waals surface area contributed by atoms with Crippen molar-refractivity contribution in [3.05, 3.63) is 70.8 Å². The second-order valence-corrected chi connectivity index (χ2v) is 9.51. The topological polar surface area (TPSA) is 149 Å². The summed E-state index contributed by atoms with van der Waals surface area (Å²) < 4.78 is 17.1. The van der Waals surface area contributed by atoms with E-state index in [-0.39, 0.29) is 24.0 Å². The fourth-order valence-corrected chi connectivity index (χ4v) is 4.14. The lowest BCUT2D eigenvalue weighted by molar-refractivity contribution is -0.235. The van der Waals surface area contributed by atoms with E-state index >= 15 is 0 Å². The summed E-state index contributed by atoms with van der Waals surface area (Å²) in [6.07, 6.45) is -5.18. The van der Waals surface area contributed by atoms with Crippen molar-refractivity contribution in [1.82, 2.24) is 5.06 Å². The van der Waals surface area contributed by atoms with Gasteiger partial charge in [0.1, 0.15) is 6.10 Å². The van der Waals surface area contributed by atoms with Crippen LogP contribution < -0.4 is 0 Å². The van der Waals surface area contributed by atoms with Crippen LogP contribution in [0.4, 0.5) is 0 Å². The van der Waals surface area contributed by atoms with Crippen LogP contribution in [0, 0.1) is 13.8 Å². The molecule has 0 aromatic heterocycles. The number of hydroxylamine groups is 2. The van der Waals surface area contributed by atoms with E-state index in [0.717, 1.165) is 11.1 Å². The van der Waals surface area contributed by atoms with E-state index in [4.69, 9.17) is 19.0 Å². The molecule has 2 N–H and O–H groups in total. The average molecular weight is 544 g/mol.